The molecule has 0 aliphatic heterocycles. The van der Waals surface area contributed by atoms with Gasteiger partial charge in [0.15, 0.2) is 0 Å². The zero-order chi connectivity index (χ0) is 23.3. The van der Waals surface area contributed by atoms with Gasteiger partial charge in [-0.1, -0.05) is 6.42 Å². The number of carbonyl (C=O) groups is 4. The Hall–Kier alpha value is -1.96. The molecule has 0 heterocycles. The van der Waals surface area contributed by atoms with Gasteiger partial charge in [-0.3, -0.25) is 14.4 Å². The van der Waals surface area contributed by atoms with Crippen LogP contribution in [-0.2, 0) is 19.2 Å². The van der Waals surface area contributed by atoms with Gasteiger partial charge in [0.05, 0.1) is 6.42 Å². The van der Waals surface area contributed by atoms with Crippen molar-refractivity contribution in [3.63, 3.8) is 0 Å². The van der Waals surface area contributed by atoms with Crippen molar-refractivity contribution < 1.29 is 24.3 Å². The first-order chi connectivity index (χ1) is 14.8. The van der Waals surface area contributed by atoms with Crippen LogP contribution in [0.25, 0.3) is 0 Å². The van der Waals surface area contributed by atoms with Crippen LogP contribution in [0, 0.1) is 23.2 Å². The highest BCUT2D eigenvalue weighted by molar-refractivity contribution is 5.81. The first kappa shape index (κ1) is 27.1. The number of amides is 2. The molecular weight excluding hydrogens is 398 g/mol. The summed E-state index contributed by atoms with van der Waals surface area (Å²) in [6.07, 6.45) is 11.6. The van der Waals surface area contributed by atoms with E-state index in [9.17, 15) is 14.4 Å². The molecule has 2 amide bonds. The van der Waals surface area contributed by atoms with Crippen LogP contribution in [0.1, 0.15) is 77.6 Å². The Bertz CT molecular complexity index is 558. The maximum Gasteiger partial charge on any atom is 0.305 e. The lowest BCUT2D eigenvalue weighted by Crippen LogP contribution is -2.52. The number of rotatable bonds is 10. The van der Waals surface area contributed by atoms with Crippen molar-refractivity contribution in [2.45, 2.75) is 77.6 Å². The molecule has 0 aromatic carbocycles. The highest BCUT2D eigenvalue weighted by atomic mass is 16.4. The van der Waals surface area contributed by atoms with E-state index in [1.807, 2.05) is 7.05 Å². The minimum atomic E-state index is -0.885. The number of primary amides is 1. The van der Waals surface area contributed by atoms with Gasteiger partial charge in [-0.25, -0.2) is 0 Å². The molecule has 0 aromatic heterocycles. The third kappa shape index (κ3) is 9.80. The predicted molar refractivity (Wildman–Crippen MR) is 119 cm³/mol. The lowest BCUT2D eigenvalue weighted by Gasteiger charge is -2.55. The molecule has 0 aromatic rings. The molecule has 0 radical (unpaired) electrons. The van der Waals surface area contributed by atoms with Crippen LogP contribution in [-0.4, -0.2) is 49.3 Å². The molecule has 4 fully saturated rings. The third-order valence-electron chi connectivity index (χ3n) is 6.55. The summed E-state index contributed by atoms with van der Waals surface area (Å²) in [5, 5.41) is 13.9. The van der Waals surface area contributed by atoms with Gasteiger partial charge in [-0.05, 0) is 89.6 Å². The summed E-state index contributed by atoms with van der Waals surface area (Å²) in [6.45, 7) is 2.64. The van der Waals surface area contributed by atoms with Gasteiger partial charge in [0.25, 0.3) is 0 Å². The normalized spacial score (nSPS) is 27.2. The molecule has 0 atom stereocenters. The molecule has 8 nitrogen and oxygen atoms in total. The monoisotopic (exact) mass is 439 g/mol. The number of unbranched alkanes of at least 4 members (excludes halogenated alkanes) is 2. The lowest BCUT2D eigenvalue weighted by molar-refractivity contribution is -0.142. The van der Waals surface area contributed by atoms with Gasteiger partial charge in [0.1, 0.15) is 6.29 Å². The van der Waals surface area contributed by atoms with Crippen molar-refractivity contribution in [1.29, 1.82) is 0 Å². The number of hydrogen-bond acceptors (Lipinski definition) is 5. The minimum Gasteiger partial charge on any atom is -0.481 e. The van der Waals surface area contributed by atoms with Gasteiger partial charge in [0.2, 0.25) is 11.8 Å². The number of carboxylic acids is 1. The van der Waals surface area contributed by atoms with E-state index in [1.54, 1.807) is 0 Å². The van der Waals surface area contributed by atoms with Crippen molar-refractivity contribution in [3.05, 3.63) is 0 Å². The topological polar surface area (TPSA) is 139 Å². The Morgan fingerprint density at radius 2 is 1.48 bits per heavy atom. The van der Waals surface area contributed by atoms with Crippen molar-refractivity contribution in [2.24, 2.45) is 28.9 Å². The van der Waals surface area contributed by atoms with E-state index in [1.165, 1.54) is 26.2 Å². The van der Waals surface area contributed by atoms with E-state index in [4.69, 9.17) is 15.6 Å². The van der Waals surface area contributed by atoms with E-state index in [0.29, 0.717) is 6.42 Å². The molecule has 0 saturated heterocycles. The van der Waals surface area contributed by atoms with E-state index in [-0.39, 0.29) is 30.2 Å². The smallest absolute Gasteiger partial charge is 0.305 e. The standard InChI is InChI=1S/C11H17NO.C10H20N2O3.C2H4O/c12-10(13)11-4-7-1-8(5-11)3-9(2-7)6-11;1-11-7-4-2-3-5-9(13)12-8-6-10(14)15;1-2-3/h7-9H,1-6H2,(H2,12,13);11H,2-8H2,1H3,(H,12,13)(H,14,15);2H,1H3. The highest BCUT2D eigenvalue weighted by Crippen LogP contribution is 2.59. The molecule has 31 heavy (non-hydrogen) atoms. The molecule has 0 unspecified atom stereocenters. The number of nitrogens with one attached hydrogen (secondary N) is 2. The molecule has 5 N–H and O–H groups in total. The fourth-order valence-corrected chi connectivity index (χ4v) is 5.57. The summed E-state index contributed by atoms with van der Waals surface area (Å²) >= 11 is 0. The molecule has 4 saturated carbocycles. The molecule has 4 aliphatic rings. The summed E-state index contributed by atoms with van der Waals surface area (Å²) in [7, 11) is 1.90. The predicted octanol–water partition coefficient (Wildman–Crippen LogP) is 2.25. The van der Waals surface area contributed by atoms with Gasteiger partial charge in [-0.15, -0.1) is 0 Å². The van der Waals surface area contributed by atoms with Crippen LogP contribution in [0.2, 0.25) is 0 Å². The van der Waals surface area contributed by atoms with Crippen LogP contribution in [0.3, 0.4) is 0 Å². The zero-order valence-electron chi connectivity index (χ0n) is 19.2. The molecule has 4 bridgehead atoms. The van der Waals surface area contributed by atoms with Crippen molar-refractivity contribution in [1.82, 2.24) is 10.6 Å². The Balaban J connectivity index is 0.000000276. The van der Waals surface area contributed by atoms with E-state index < -0.39 is 5.97 Å². The summed E-state index contributed by atoms with van der Waals surface area (Å²) in [4.78, 5) is 41.6. The first-order valence-corrected chi connectivity index (χ1v) is 11.6. The van der Waals surface area contributed by atoms with Crippen LogP contribution in [0.5, 0.6) is 0 Å². The molecule has 178 valence electrons. The van der Waals surface area contributed by atoms with Crippen LogP contribution in [0.4, 0.5) is 0 Å². The summed E-state index contributed by atoms with van der Waals surface area (Å²) in [5.41, 5.74) is 5.49. The maximum atomic E-state index is 11.5. The largest absolute Gasteiger partial charge is 0.481 e. The van der Waals surface area contributed by atoms with Crippen LogP contribution in [0.15, 0.2) is 0 Å². The minimum absolute atomic E-state index is 0.00778. The Morgan fingerprint density at radius 1 is 0.968 bits per heavy atom. The van der Waals surface area contributed by atoms with Gasteiger partial charge in [0, 0.05) is 18.4 Å². The quantitative estimate of drug-likeness (QED) is 0.304. The lowest BCUT2D eigenvalue weighted by atomic mass is 9.49. The number of hydrogen-bond donors (Lipinski definition) is 4. The van der Waals surface area contributed by atoms with Gasteiger partial charge >= 0.3 is 5.97 Å². The Morgan fingerprint density at radius 3 is 1.90 bits per heavy atom. The number of nitrogens with two attached hydrogens (primary N) is 1. The average molecular weight is 440 g/mol. The number of aldehydes is 1. The molecule has 4 rings (SSSR count). The molecule has 8 heteroatoms. The summed E-state index contributed by atoms with van der Waals surface area (Å²) < 4.78 is 0. The van der Waals surface area contributed by atoms with Crippen molar-refractivity contribution in [2.75, 3.05) is 20.1 Å². The summed E-state index contributed by atoms with van der Waals surface area (Å²) in [5.74, 6) is 1.55. The highest BCUT2D eigenvalue weighted by Gasteiger charge is 2.53. The summed E-state index contributed by atoms with van der Waals surface area (Å²) in [6, 6.07) is 0. The number of carbonyl (C=O) groups excluding carboxylic acids is 3. The van der Waals surface area contributed by atoms with Gasteiger partial charge < -0.3 is 26.3 Å². The van der Waals surface area contributed by atoms with E-state index >= 15 is 0 Å². The van der Waals surface area contributed by atoms with Crippen molar-refractivity contribution in [3.8, 4) is 0 Å². The fraction of sp³-hybridized carbons (Fsp3) is 0.826. The number of carboxylic acid groups (broad SMARTS) is 1. The second-order valence-electron chi connectivity index (χ2n) is 9.21. The zero-order valence-corrected chi connectivity index (χ0v) is 19.2. The van der Waals surface area contributed by atoms with Crippen LogP contribution < -0.4 is 16.4 Å². The molecule has 0 spiro atoms. The Kier molecular flexibility index (Phi) is 12.4. The van der Waals surface area contributed by atoms with E-state index in [0.717, 1.165) is 69.1 Å². The maximum absolute atomic E-state index is 11.5. The number of aliphatic carboxylic acids is 1. The second kappa shape index (κ2) is 14.2. The fourth-order valence-electron chi connectivity index (χ4n) is 5.57. The molecular formula is C23H41N3O5. The second-order valence-corrected chi connectivity index (χ2v) is 9.21. The first-order valence-electron chi connectivity index (χ1n) is 11.6. The molecule has 4 aliphatic carbocycles. The Labute approximate surface area is 186 Å². The van der Waals surface area contributed by atoms with Crippen molar-refractivity contribution >= 4 is 24.1 Å². The third-order valence-corrected chi connectivity index (χ3v) is 6.55. The SMILES string of the molecule is CC=O.CNCCCCCC(=O)NCCC(=O)O.NC(=O)C12CC3CC(CC(C3)C1)C2. The van der Waals surface area contributed by atoms with Gasteiger partial charge in [-0.2, -0.15) is 0 Å². The van der Waals surface area contributed by atoms with E-state index in [2.05, 4.69) is 10.6 Å². The van der Waals surface area contributed by atoms with Crippen LogP contribution >= 0.6 is 0 Å². The average Bonchev–Trinajstić information content (AvgIpc) is 2.67.